The Labute approximate surface area is 821 Å². The Morgan fingerprint density at radius 2 is 0.485 bits per heavy atom. The van der Waals surface area contributed by atoms with Crippen LogP contribution in [0.3, 0.4) is 0 Å². The van der Waals surface area contributed by atoms with E-state index in [0.29, 0.717) is 23.5 Å². The minimum atomic E-state index is -0.278. The molecule has 10 atom stereocenters. The Hall–Kier alpha value is -13.5. The average Bonchev–Trinajstić information content (AvgIpc) is 0.981. The SMILES string of the molecule is BrB1c2ccccc2C2(c3ccccc3B(c3ccc(-n4c5ccccc5c5ccccc54)cc3)C3C=CC=CC32)C2C=CC=CC12.Brc1ccc(N2c3ccccc3Sc3ccccc32)cc1.C.C1=CC2B(c3ccc(N4c5ccccc5Sc5ccccc54)cc3)c3ccccc3C3(c4ccccc4B(c4ccc(-n5c6ccccc6c6ccccc65)cc4)C4C=CC=CC43)C2C=C1.F. The van der Waals surface area contributed by atoms with Crippen LogP contribution in [0.4, 0.5) is 38.8 Å². The van der Waals surface area contributed by atoms with Gasteiger partial charge in [-0.25, -0.2) is 0 Å². The van der Waals surface area contributed by atoms with Crippen molar-refractivity contribution < 1.29 is 4.70 Å². The lowest BCUT2D eigenvalue weighted by molar-refractivity contribution is 0.281. The predicted molar refractivity (Wildman–Crippen MR) is 588 cm³/mol. The summed E-state index contributed by atoms with van der Waals surface area (Å²) in [6.07, 6.45) is 38.6. The largest absolute Gasteiger partial charge is 0.309 e. The van der Waals surface area contributed by atoms with Crippen molar-refractivity contribution in [1.82, 2.24) is 9.13 Å². The summed E-state index contributed by atoms with van der Waals surface area (Å²) >= 11 is 11.4. The molecule has 2 aromatic heterocycles. The summed E-state index contributed by atoms with van der Waals surface area (Å²) in [6, 6.07) is 145. The maximum atomic E-state index is 4.19. The maximum absolute atomic E-state index is 4.19. The smallest absolute Gasteiger partial charge is 0.262 e. The molecule has 13 heteroatoms. The third kappa shape index (κ3) is 13.4. The van der Waals surface area contributed by atoms with E-state index in [2.05, 4.69) is 536 Å². The van der Waals surface area contributed by atoms with Gasteiger partial charge in [-0.15, -0.1) is 15.8 Å². The molecule has 28 rings (SSSR count). The molecule has 18 aromatic rings. The van der Waals surface area contributed by atoms with E-state index in [-0.39, 0.29) is 72.1 Å². The molecule has 4 nitrogen and oxygen atoms in total. The van der Waals surface area contributed by atoms with Gasteiger partial charge in [0.1, 0.15) is 0 Å². The van der Waals surface area contributed by atoms with Crippen molar-refractivity contribution in [1.29, 1.82) is 0 Å². The molecule has 2 spiro atoms. The normalized spacial score (nSPS) is 21.3. The standard InChI is InChI=1S/C61H44B2N2S.C43H32B2BrN.C18H12BrNS.CH4.FH/c1-11-27-55-45(17-1)46-18-2-12-28-56(46)64(55)43-37-33-41(34-38-43)62-51-23-7-3-19-47(51)61(48-20-4-8-24-52(48)62)49-21-5-9-25-53(49)63(54-26-10-6-22-50(54)61)42-35-39-44(40-36-42)65-57-29-13-15-31-59(57)66-60-32-16-14-30-58(60)65;46-45-39-21-9-5-17-35(39)43(36-18-6-10-22-40(36)45)33-15-3-7-19-37(33)44(38-20-8-4-16-34(38)43)29-25-27-30(28-26-29)47-41-23-11-1-13-31(41)32-14-2-12-24-42(32)47;19-13-9-11-14(12-10-13)20-15-5-1-3-7-17(15)21-18-8-4-2-6-16(18)20;;/h1-40,47,49,51,53H;1-28,33,35,37,39H;1-12H;1H4;1H. The molecule has 0 N–H and O–H groups in total. The molecular weight excluding hydrogens is 1820 g/mol. The van der Waals surface area contributed by atoms with Crippen LogP contribution in [0.25, 0.3) is 55.0 Å². The fourth-order valence-corrected chi connectivity index (χ4v) is 29.0. The summed E-state index contributed by atoms with van der Waals surface area (Å²) in [6.45, 7) is 0.654. The number of hydrogen-bond donors (Lipinski definition) is 0. The monoisotopic (exact) mass is 1910 g/mol. The van der Waals surface area contributed by atoms with Crippen LogP contribution in [-0.2, 0) is 10.8 Å². The molecule has 4 aliphatic carbocycles. The molecule has 0 amide bonds. The number of aromatic nitrogens is 2. The van der Waals surface area contributed by atoms with Crippen molar-refractivity contribution in [3.05, 3.63) is 512 Å². The number of para-hydroxylation sites is 8. The molecule has 0 saturated heterocycles. The average molecular weight is 1910 g/mol. The number of nitrogens with zero attached hydrogens (tertiary/aromatic N) is 4. The number of allylic oxidation sites excluding steroid dienone is 16. The van der Waals surface area contributed by atoms with E-state index in [9.17, 15) is 0 Å². The predicted octanol–water partition coefficient (Wildman–Crippen LogP) is 28.2. The molecular formula is C123H93B4Br2FN4S2. The fraction of sp³-hybridized carbons (Fsp3) is 0.0894. The van der Waals surface area contributed by atoms with Crippen LogP contribution in [0.1, 0.15) is 29.7 Å². The van der Waals surface area contributed by atoms with Crippen molar-refractivity contribution in [2.75, 3.05) is 9.80 Å². The minimum absolute atomic E-state index is 0. The van der Waals surface area contributed by atoms with Gasteiger partial charge in [-0.05, 0) is 203 Å². The first-order valence-corrected chi connectivity index (χ1v) is 50.5. The summed E-state index contributed by atoms with van der Waals surface area (Å²) in [4.78, 5) is 9.92. The lowest BCUT2D eigenvalue weighted by Crippen LogP contribution is -2.67. The van der Waals surface area contributed by atoms with Crippen LogP contribution in [0.5, 0.6) is 0 Å². The molecule has 650 valence electrons. The van der Waals surface area contributed by atoms with E-state index in [0.717, 1.165) is 4.47 Å². The third-order valence-electron chi connectivity index (χ3n) is 30.9. The first-order chi connectivity index (χ1) is 66.4. The zero-order valence-electron chi connectivity index (χ0n) is 73.9. The molecule has 8 heterocycles. The van der Waals surface area contributed by atoms with Crippen molar-refractivity contribution in [3.8, 4) is 11.4 Å². The van der Waals surface area contributed by atoms with Gasteiger partial charge in [-0.3, -0.25) is 4.70 Å². The van der Waals surface area contributed by atoms with E-state index in [1.54, 1.807) is 0 Å². The Balaban J connectivity index is 0.000000125. The van der Waals surface area contributed by atoms with Gasteiger partial charge in [-0.2, -0.15) is 0 Å². The molecule has 0 saturated carbocycles. The van der Waals surface area contributed by atoms with Crippen LogP contribution >= 0.6 is 55.2 Å². The Bertz CT molecular complexity index is 7820. The maximum Gasteiger partial charge on any atom is 0.262 e. The second kappa shape index (κ2) is 35.0. The van der Waals surface area contributed by atoms with E-state index in [1.807, 2.05) is 23.5 Å². The van der Waals surface area contributed by atoms with Gasteiger partial charge in [0.05, 0.1) is 44.8 Å². The number of rotatable bonds is 7. The Morgan fingerprint density at radius 1 is 0.243 bits per heavy atom. The first kappa shape index (κ1) is 85.4. The minimum Gasteiger partial charge on any atom is -0.309 e. The number of anilines is 6. The van der Waals surface area contributed by atoms with Gasteiger partial charge < -0.3 is 18.9 Å². The molecule has 10 unspecified atom stereocenters. The van der Waals surface area contributed by atoms with E-state index in [4.69, 9.17) is 0 Å². The third-order valence-corrected chi connectivity index (χ3v) is 34.8. The van der Waals surface area contributed by atoms with Crippen LogP contribution in [0.2, 0.25) is 23.3 Å². The van der Waals surface area contributed by atoms with Gasteiger partial charge in [0.2, 0.25) is 20.1 Å². The topological polar surface area (TPSA) is 16.3 Å². The highest BCUT2D eigenvalue weighted by Gasteiger charge is 2.64. The second-order valence-electron chi connectivity index (χ2n) is 37.1. The molecule has 6 aliphatic heterocycles. The fourth-order valence-electron chi connectivity index (χ4n) is 25.8. The lowest BCUT2D eigenvalue weighted by Gasteiger charge is -2.59. The molecule has 0 bridgehead atoms. The first-order valence-electron chi connectivity index (χ1n) is 47.1. The Kier molecular flexibility index (Phi) is 22.0. The summed E-state index contributed by atoms with van der Waals surface area (Å²) in [7, 11) is 0. The van der Waals surface area contributed by atoms with E-state index in [1.165, 1.54) is 169 Å². The van der Waals surface area contributed by atoms with Crippen molar-refractivity contribution in [3.63, 3.8) is 0 Å². The number of benzene rings is 16. The van der Waals surface area contributed by atoms with Gasteiger partial charge >= 0.3 is 0 Å². The number of fused-ring (bicyclic) bond motifs is 26. The highest BCUT2D eigenvalue weighted by Crippen LogP contribution is 2.64. The highest BCUT2D eigenvalue weighted by molar-refractivity contribution is 9.25. The van der Waals surface area contributed by atoms with Crippen LogP contribution in [-0.4, -0.2) is 34.8 Å². The van der Waals surface area contributed by atoms with Gasteiger partial charge in [0.15, 0.2) is 0 Å². The van der Waals surface area contributed by atoms with E-state index >= 15 is 0 Å². The molecule has 10 aliphatic rings. The van der Waals surface area contributed by atoms with Crippen LogP contribution in [0, 0.1) is 23.7 Å². The summed E-state index contributed by atoms with van der Waals surface area (Å²) in [5, 5.41) is 5.17. The van der Waals surface area contributed by atoms with Crippen LogP contribution < -0.4 is 48.0 Å². The zero-order chi connectivity index (χ0) is 88.7. The molecule has 0 fully saturated rings. The highest BCUT2D eigenvalue weighted by atomic mass is 79.9. The lowest BCUT2D eigenvalue weighted by atomic mass is 9.19. The van der Waals surface area contributed by atoms with Crippen molar-refractivity contribution >= 4 is 197 Å². The second-order valence-corrected chi connectivity index (χ2v) is 41.2. The summed E-state index contributed by atoms with van der Waals surface area (Å²) in [5.41, 5.74) is 30.3. The van der Waals surface area contributed by atoms with Gasteiger partial charge in [0, 0.05) is 79.2 Å². The molecule has 0 radical (unpaired) electrons. The van der Waals surface area contributed by atoms with Gasteiger partial charge in [0.25, 0.3) is 5.54 Å². The van der Waals surface area contributed by atoms with Gasteiger partial charge in [-0.1, -0.05) is 437 Å². The van der Waals surface area contributed by atoms with Crippen molar-refractivity contribution in [2.24, 2.45) is 23.7 Å². The summed E-state index contributed by atoms with van der Waals surface area (Å²) < 4.78 is 5.95. The molecule has 16 aromatic carbocycles. The van der Waals surface area contributed by atoms with E-state index < -0.39 is 0 Å². The van der Waals surface area contributed by atoms with Crippen LogP contribution in [0.15, 0.2) is 510 Å². The number of halogens is 3. The Morgan fingerprint density at radius 3 is 0.816 bits per heavy atom. The molecule has 136 heavy (non-hydrogen) atoms. The zero-order valence-corrected chi connectivity index (χ0v) is 78.7. The van der Waals surface area contributed by atoms with Crippen molar-refractivity contribution in [2.45, 2.75) is 61.1 Å². The number of hydrogen-bond acceptors (Lipinski definition) is 4. The summed E-state index contributed by atoms with van der Waals surface area (Å²) in [5.74, 6) is 2.37. The quantitative estimate of drug-likeness (QED) is 0.148.